The Morgan fingerprint density at radius 1 is 0.633 bits per heavy atom. The highest BCUT2D eigenvalue weighted by molar-refractivity contribution is 5.94. The number of carbonyl (C=O) groups excluding carboxylic acids is 5. The van der Waals surface area contributed by atoms with Crippen LogP contribution in [-0.2, 0) is 28.8 Å². The van der Waals surface area contributed by atoms with Gasteiger partial charge in [0.1, 0.15) is 18.1 Å². The maximum Gasteiger partial charge on any atom is 0.306 e. The Morgan fingerprint density at radius 2 is 1.04 bits per heavy atom. The number of rotatable bonds is 22. The van der Waals surface area contributed by atoms with Crippen LogP contribution >= 0.6 is 0 Å². The highest BCUT2D eigenvalue weighted by Gasteiger charge is 2.36. The molecule has 0 heterocycles. The molecule has 49 heavy (non-hydrogen) atoms. The minimum Gasteiger partial charge on any atom is -0.481 e. The Morgan fingerprint density at radius 3 is 1.45 bits per heavy atom. The summed E-state index contributed by atoms with van der Waals surface area (Å²) in [7, 11) is 0. The standard InChI is InChI=1S/C34H64N6O9/c1-12-34(11,35)33(49)40-29(20(8)9)32(48)39-28(19(6)7)31(47)38-22(13-17(2)3)24(41)15-26(43)36-21(10)30(46)37-23(14-18(4)5)25(42)16-27(44)45/h17-25,28-29,41-42H,12-16,35H2,1-11H3,(H,36,43)(H,37,46)(H,38,47)(H,39,48)(H,40,49)(H,44,45)/t21-,22-,23-,24-,25-,28-,29-,34-/m0/s1. The Labute approximate surface area is 291 Å². The molecule has 0 aromatic rings. The molecule has 0 unspecified atom stereocenters. The van der Waals surface area contributed by atoms with Crippen molar-refractivity contribution in [2.45, 2.75) is 156 Å². The van der Waals surface area contributed by atoms with Gasteiger partial charge < -0.3 is 47.6 Å². The second kappa shape index (κ2) is 21.0. The van der Waals surface area contributed by atoms with Crippen LogP contribution in [0.5, 0.6) is 0 Å². The van der Waals surface area contributed by atoms with Crippen molar-refractivity contribution in [3.63, 3.8) is 0 Å². The van der Waals surface area contributed by atoms with E-state index in [9.17, 15) is 39.0 Å². The molecule has 0 bridgehead atoms. The molecule has 5 amide bonds. The van der Waals surface area contributed by atoms with Crippen LogP contribution in [0.4, 0.5) is 0 Å². The normalized spacial score (nSPS) is 17.3. The van der Waals surface area contributed by atoms with Crippen molar-refractivity contribution < 1.29 is 44.1 Å². The van der Waals surface area contributed by atoms with Crippen molar-refractivity contribution in [2.24, 2.45) is 29.4 Å². The van der Waals surface area contributed by atoms with E-state index in [4.69, 9.17) is 10.8 Å². The van der Waals surface area contributed by atoms with Gasteiger partial charge in [-0.2, -0.15) is 0 Å². The molecule has 0 radical (unpaired) electrons. The van der Waals surface area contributed by atoms with E-state index >= 15 is 0 Å². The summed E-state index contributed by atoms with van der Waals surface area (Å²) in [6.45, 7) is 19.2. The molecule has 284 valence electrons. The number of hydrogen-bond acceptors (Lipinski definition) is 9. The van der Waals surface area contributed by atoms with Crippen LogP contribution in [-0.4, -0.2) is 98.8 Å². The molecule has 0 spiro atoms. The van der Waals surface area contributed by atoms with E-state index in [-0.39, 0.29) is 23.7 Å². The molecule has 0 fully saturated rings. The van der Waals surface area contributed by atoms with Gasteiger partial charge in [0, 0.05) is 0 Å². The van der Waals surface area contributed by atoms with E-state index in [1.165, 1.54) is 6.92 Å². The van der Waals surface area contributed by atoms with E-state index in [0.29, 0.717) is 19.3 Å². The minimum absolute atomic E-state index is 0.000373. The fourth-order valence-corrected chi connectivity index (χ4v) is 5.02. The molecule has 0 saturated carbocycles. The summed E-state index contributed by atoms with van der Waals surface area (Å²) in [6.07, 6.45) is -2.74. The number of carboxylic acids is 1. The predicted octanol–water partition coefficient (Wildman–Crippen LogP) is 0.549. The predicted molar refractivity (Wildman–Crippen MR) is 186 cm³/mol. The summed E-state index contributed by atoms with van der Waals surface area (Å²) in [6, 6.07) is -4.80. The van der Waals surface area contributed by atoms with Crippen molar-refractivity contribution >= 4 is 35.5 Å². The van der Waals surface area contributed by atoms with Crippen LogP contribution in [0, 0.1) is 23.7 Å². The lowest BCUT2D eigenvalue weighted by molar-refractivity contribution is -0.140. The van der Waals surface area contributed by atoms with Crippen LogP contribution in [0.3, 0.4) is 0 Å². The molecule has 0 aliphatic heterocycles. The molecule has 0 aliphatic rings. The molecular formula is C34H64N6O9. The Balaban J connectivity index is 5.68. The number of aliphatic hydroxyl groups is 2. The summed E-state index contributed by atoms with van der Waals surface area (Å²) in [5.74, 6) is -4.83. The molecular weight excluding hydrogens is 636 g/mol. The lowest BCUT2D eigenvalue weighted by Crippen LogP contribution is -2.61. The molecule has 0 saturated heterocycles. The number of hydrogen-bond donors (Lipinski definition) is 9. The molecule has 0 aromatic carbocycles. The van der Waals surface area contributed by atoms with Crippen molar-refractivity contribution in [3.8, 4) is 0 Å². The van der Waals surface area contributed by atoms with Crippen molar-refractivity contribution in [1.29, 1.82) is 0 Å². The van der Waals surface area contributed by atoms with Crippen molar-refractivity contribution in [1.82, 2.24) is 26.6 Å². The number of nitrogens with one attached hydrogen (secondary N) is 5. The quantitative estimate of drug-likeness (QED) is 0.0759. The van der Waals surface area contributed by atoms with Gasteiger partial charge in [0.25, 0.3) is 0 Å². The molecule has 0 aliphatic carbocycles. The molecule has 10 N–H and O–H groups in total. The fraction of sp³-hybridized carbons (Fsp3) is 0.824. The number of carbonyl (C=O) groups is 6. The number of carboxylic acid groups (broad SMARTS) is 1. The number of nitrogens with two attached hydrogens (primary N) is 1. The summed E-state index contributed by atoms with van der Waals surface area (Å²) in [5.41, 5.74) is 4.87. The van der Waals surface area contributed by atoms with Crippen molar-refractivity contribution in [2.75, 3.05) is 0 Å². The summed E-state index contributed by atoms with van der Waals surface area (Å²) in [5, 5.41) is 43.8. The summed E-state index contributed by atoms with van der Waals surface area (Å²) in [4.78, 5) is 76.4. The largest absolute Gasteiger partial charge is 0.481 e. The lowest BCUT2D eigenvalue weighted by atomic mass is 9.94. The maximum absolute atomic E-state index is 13.5. The molecule has 8 atom stereocenters. The monoisotopic (exact) mass is 700 g/mol. The zero-order chi connectivity index (χ0) is 38.4. The average molecular weight is 701 g/mol. The second-order valence-corrected chi connectivity index (χ2v) is 14.9. The zero-order valence-electron chi connectivity index (χ0n) is 31.3. The first-order chi connectivity index (χ1) is 22.4. The van der Waals surface area contributed by atoms with Gasteiger partial charge in [-0.3, -0.25) is 28.8 Å². The third kappa shape index (κ3) is 16.8. The number of amides is 5. The van der Waals surface area contributed by atoms with Crippen LogP contribution < -0.4 is 32.3 Å². The first-order valence-corrected chi connectivity index (χ1v) is 17.3. The smallest absolute Gasteiger partial charge is 0.306 e. The van der Waals surface area contributed by atoms with Gasteiger partial charge in [-0.05, 0) is 56.8 Å². The Hall–Kier alpha value is -3.30. The van der Waals surface area contributed by atoms with Crippen molar-refractivity contribution in [3.05, 3.63) is 0 Å². The second-order valence-electron chi connectivity index (χ2n) is 14.9. The number of aliphatic hydroxyl groups excluding tert-OH is 2. The fourth-order valence-electron chi connectivity index (χ4n) is 5.02. The number of aliphatic carboxylic acids is 1. The Kier molecular flexibility index (Phi) is 19.6. The third-order valence-corrected chi connectivity index (χ3v) is 8.32. The molecule has 15 heteroatoms. The highest BCUT2D eigenvalue weighted by Crippen LogP contribution is 2.15. The van der Waals surface area contributed by atoms with Gasteiger partial charge >= 0.3 is 5.97 Å². The SMILES string of the molecule is CC[C@](C)(N)C(=O)N[C@H](C(=O)N[C@H](C(=O)N[C@@H](CC(C)C)[C@@H](O)CC(=O)N[C@@H](C)C(=O)N[C@@H](CC(C)C)[C@@H](O)CC(=O)O)C(C)C)C(C)C. The van der Waals surface area contributed by atoms with Crippen LogP contribution in [0.25, 0.3) is 0 Å². The molecule has 15 nitrogen and oxygen atoms in total. The van der Waals surface area contributed by atoms with Crippen LogP contribution in [0.2, 0.25) is 0 Å². The van der Waals surface area contributed by atoms with Gasteiger partial charge in [0.05, 0.1) is 42.7 Å². The highest BCUT2D eigenvalue weighted by atomic mass is 16.4. The van der Waals surface area contributed by atoms with Gasteiger partial charge in [-0.15, -0.1) is 0 Å². The third-order valence-electron chi connectivity index (χ3n) is 8.32. The molecule has 0 rings (SSSR count). The van der Waals surface area contributed by atoms with E-state index in [1.807, 2.05) is 27.7 Å². The van der Waals surface area contributed by atoms with E-state index in [0.717, 1.165) is 0 Å². The summed E-state index contributed by atoms with van der Waals surface area (Å²) < 4.78 is 0. The average Bonchev–Trinajstić information content (AvgIpc) is 2.95. The lowest BCUT2D eigenvalue weighted by Gasteiger charge is -2.32. The van der Waals surface area contributed by atoms with Crippen LogP contribution in [0.1, 0.15) is 108 Å². The van der Waals surface area contributed by atoms with Crippen LogP contribution in [0.15, 0.2) is 0 Å². The first-order valence-electron chi connectivity index (χ1n) is 17.3. The summed E-state index contributed by atoms with van der Waals surface area (Å²) >= 11 is 0. The van der Waals surface area contributed by atoms with Gasteiger partial charge in [-0.25, -0.2) is 0 Å². The van der Waals surface area contributed by atoms with E-state index in [2.05, 4.69) is 26.6 Å². The van der Waals surface area contributed by atoms with Gasteiger partial charge in [0.15, 0.2) is 0 Å². The maximum atomic E-state index is 13.5. The Bertz CT molecular complexity index is 1110. The zero-order valence-corrected chi connectivity index (χ0v) is 31.3. The topological polar surface area (TPSA) is 249 Å². The molecule has 0 aromatic heterocycles. The van der Waals surface area contributed by atoms with Gasteiger partial charge in [-0.1, -0.05) is 62.3 Å². The van der Waals surface area contributed by atoms with Gasteiger partial charge in [0.2, 0.25) is 29.5 Å². The first kappa shape index (κ1) is 45.7. The van der Waals surface area contributed by atoms with E-state index < -0.39 is 96.3 Å². The van der Waals surface area contributed by atoms with E-state index in [1.54, 1.807) is 41.5 Å². The minimum atomic E-state index is -1.35.